The molecule has 1 saturated heterocycles. The lowest BCUT2D eigenvalue weighted by Gasteiger charge is -2.33. The van der Waals surface area contributed by atoms with E-state index >= 15 is 0 Å². The lowest BCUT2D eigenvalue weighted by molar-refractivity contribution is -0.117. The van der Waals surface area contributed by atoms with Gasteiger partial charge in [-0.2, -0.15) is 0 Å². The van der Waals surface area contributed by atoms with Crippen LogP contribution in [-0.4, -0.2) is 61.4 Å². The third-order valence-electron chi connectivity index (χ3n) is 4.39. The van der Waals surface area contributed by atoms with Gasteiger partial charge in [0.1, 0.15) is 5.75 Å². The summed E-state index contributed by atoms with van der Waals surface area (Å²) < 4.78 is 10.4. The molecule has 7 heteroatoms. The number of hydrogen-bond donors (Lipinski definition) is 1. The second kappa shape index (κ2) is 8.05. The Morgan fingerprint density at radius 1 is 1.19 bits per heavy atom. The van der Waals surface area contributed by atoms with E-state index in [9.17, 15) is 9.59 Å². The molecular weight excluding hydrogens is 334 g/mol. The maximum atomic E-state index is 12.4. The normalized spacial score (nSPS) is 14.9. The van der Waals surface area contributed by atoms with E-state index in [0.29, 0.717) is 43.4 Å². The number of rotatable bonds is 5. The van der Waals surface area contributed by atoms with Gasteiger partial charge >= 0.3 is 0 Å². The van der Waals surface area contributed by atoms with Crippen LogP contribution >= 0.6 is 0 Å². The lowest BCUT2D eigenvalue weighted by Crippen LogP contribution is -2.50. The highest BCUT2D eigenvalue weighted by Crippen LogP contribution is 2.25. The molecule has 1 aliphatic rings. The average Bonchev–Trinajstić information content (AvgIpc) is 3.16. The third-order valence-corrected chi connectivity index (χ3v) is 4.39. The Kier molecular flexibility index (Phi) is 5.58. The number of hydrogen-bond acceptors (Lipinski definition) is 5. The fraction of sp³-hybridized carbons (Fsp3) is 0.368. The van der Waals surface area contributed by atoms with Gasteiger partial charge in [-0.25, -0.2) is 0 Å². The predicted molar refractivity (Wildman–Crippen MR) is 97.4 cm³/mol. The summed E-state index contributed by atoms with van der Waals surface area (Å²) in [5, 5.41) is 2.90. The van der Waals surface area contributed by atoms with Crippen molar-refractivity contribution in [2.24, 2.45) is 0 Å². The first-order chi connectivity index (χ1) is 12.6. The van der Waals surface area contributed by atoms with Gasteiger partial charge in [-0.15, -0.1) is 0 Å². The minimum Gasteiger partial charge on any atom is -0.495 e. The van der Waals surface area contributed by atoms with E-state index < -0.39 is 0 Å². The standard InChI is InChI=1S/C19H23N3O4/c1-14-5-6-16(25-2)15(12-14)20-18(23)13-21-7-9-22(10-8-21)19(24)17-4-3-11-26-17/h3-6,11-12H,7-10,13H2,1-2H3,(H,20,23). The Hall–Kier alpha value is -2.80. The maximum Gasteiger partial charge on any atom is 0.289 e. The molecule has 0 bridgehead atoms. The maximum absolute atomic E-state index is 12.4. The van der Waals surface area contributed by atoms with Crippen LogP contribution in [0.25, 0.3) is 0 Å². The van der Waals surface area contributed by atoms with Crippen LogP contribution in [0, 0.1) is 6.92 Å². The summed E-state index contributed by atoms with van der Waals surface area (Å²) in [6.07, 6.45) is 1.49. The summed E-state index contributed by atoms with van der Waals surface area (Å²) in [6, 6.07) is 9.02. The van der Waals surface area contributed by atoms with Gasteiger partial charge in [0.25, 0.3) is 5.91 Å². The van der Waals surface area contributed by atoms with Crippen LogP contribution < -0.4 is 10.1 Å². The number of nitrogens with one attached hydrogen (secondary N) is 1. The van der Waals surface area contributed by atoms with Crippen molar-refractivity contribution in [3.8, 4) is 5.75 Å². The first-order valence-electron chi connectivity index (χ1n) is 8.56. The van der Waals surface area contributed by atoms with E-state index in [4.69, 9.17) is 9.15 Å². The molecule has 2 heterocycles. The Balaban J connectivity index is 1.51. The largest absolute Gasteiger partial charge is 0.495 e. The number of carbonyl (C=O) groups excluding carboxylic acids is 2. The zero-order valence-corrected chi connectivity index (χ0v) is 15.0. The van der Waals surface area contributed by atoms with Gasteiger partial charge in [0.15, 0.2) is 5.76 Å². The minimum absolute atomic E-state index is 0.0975. The molecule has 1 fully saturated rings. The molecule has 1 aliphatic heterocycles. The van der Waals surface area contributed by atoms with Crippen molar-refractivity contribution in [1.29, 1.82) is 0 Å². The summed E-state index contributed by atoms with van der Waals surface area (Å²) in [6.45, 7) is 4.67. The molecule has 26 heavy (non-hydrogen) atoms. The van der Waals surface area contributed by atoms with Gasteiger partial charge in [0, 0.05) is 26.2 Å². The number of ether oxygens (including phenoxy) is 1. The highest BCUT2D eigenvalue weighted by atomic mass is 16.5. The summed E-state index contributed by atoms with van der Waals surface area (Å²) in [7, 11) is 1.58. The molecule has 0 spiro atoms. The number of benzene rings is 1. The monoisotopic (exact) mass is 357 g/mol. The van der Waals surface area contributed by atoms with Crippen LogP contribution in [0.5, 0.6) is 5.75 Å². The van der Waals surface area contributed by atoms with Crippen LogP contribution in [0.15, 0.2) is 41.0 Å². The number of carbonyl (C=O) groups is 2. The van der Waals surface area contributed by atoms with Crippen molar-refractivity contribution < 1.29 is 18.7 Å². The molecular formula is C19H23N3O4. The number of nitrogens with zero attached hydrogens (tertiary/aromatic N) is 2. The molecule has 2 aromatic rings. The van der Waals surface area contributed by atoms with Gasteiger partial charge < -0.3 is 19.4 Å². The van der Waals surface area contributed by atoms with E-state index in [0.717, 1.165) is 5.56 Å². The first-order valence-corrected chi connectivity index (χ1v) is 8.56. The molecule has 1 N–H and O–H groups in total. The summed E-state index contributed by atoms with van der Waals surface area (Å²) in [5.41, 5.74) is 1.72. The number of aryl methyl sites for hydroxylation is 1. The zero-order valence-electron chi connectivity index (χ0n) is 15.0. The molecule has 0 saturated carbocycles. The fourth-order valence-electron chi connectivity index (χ4n) is 2.98. The van der Waals surface area contributed by atoms with E-state index in [1.54, 1.807) is 24.1 Å². The van der Waals surface area contributed by atoms with Gasteiger partial charge in [0.2, 0.25) is 5.91 Å². The van der Waals surface area contributed by atoms with E-state index in [1.165, 1.54) is 6.26 Å². The Bertz CT molecular complexity index is 765. The number of piperazine rings is 1. The van der Waals surface area contributed by atoms with Crippen LogP contribution in [0.2, 0.25) is 0 Å². The van der Waals surface area contributed by atoms with Gasteiger partial charge in [-0.05, 0) is 36.8 Å². The van der Waals surface area contributed by atoms with Crippen LogP contribution in [-0.2, 0) is 4.79 Å². The minimum atomic E-state index is -0.108. The fourth-order valence-corrected chi connectivity index (χ4v) is 2.98. The molecule has 0 aliphatic carbocycles. The molecule has 0 radical (unpaired) electrons. The van der Waals surface area contributed by atoms with Crippen molar-refractivity contribution in [2.45, 2.75) is 6.92 Å². The molecule has 2 amide bonds. The number of anilines is 1. The molecule has 0 atom stereocenters. The SMILES string of the molecule is COc1ccc(C)cc1NC(=O)CN1CCN(C(=O)c2ccco2)CC1. The molecule has 7 nitrogen and oxygen atoms in total. The molecule has 0 unspecified atom stereocenters. The third kappa shape index (κ3) is 4.23. The van der Waals surface area contributed by atoms with Crippen LogP contribution in [0.3, 0.4) is 0 Å². The van der Waals surface area contributed by atoms with E-state index in [1.807, 2.05) is 30.0 Å². The Labute approximate surface area is 152 Å². The highest BCUT2D eigenvalue weighted by Gasteiger charge is 2.24. The smallest absolute Gasteiger partial charge is 0.289 e. The number of furan rings is 1. The molecule has 138 valence electrons. The Morgan fingerprint density at radius 2 is 1.96 bits per heavy atom. The van der Waals surface area contributed by atoms with Crippen molar-refractivity contribution in [1.82, 2.24) is 9.80 Å². The number of amides is 2. The van der Waals surface area contributed by atoms with Crippen molar-refractivity contribution in [3.05, 3.63) is 47.9 Å². The molecule has 1 aromatic heterocycles. The summed E-state index contributed by atoms with van der Waals surface area (Å²) >= 11 is 0. The zero-order chi connectivity index (χ0) is 18.5. The van der Waals surface area contributed by atoms with Crippen LogP contribution in [0.4, 0.5) is 5.69 Å². The quantitative estimate of drug-likeness (QED) is 0.886. The lowest BCUT2D eigenvalue weighted by atomic mass is 10.2. The average molecular weight is 357 g/mol. The summed E-state index contributed by atoms with van der Waals surface area (Å²) in [4.78, 5) is 28.4. The van der Waals surface area contributed by atoms with Gasteiger partial charge in [-0.1, -0.05) is 6.07 Å². The topological polar surface area (TPSA) is 75.0 Å². The van der Waals surface area contributed by atoms with Gasteiger partial charge in [0.05, 0.1) is 25.6 Å². The van der Waals surface area contributed by atoms with E-state index in [2.05, 4.69) is 5.32 Å². The van der Waals surface area contributed by atoms with Gasteiger partial charge in [-0.3, -0.25) is 14.5 Å². The predicted octanol–water partition coefficient (Wildman–Crippen LogP) is 1.99. The van der Waals surface area contributed by atoms with Crippen LogP contribution in [0.1, 0.15) is 16.1 Å². The Morgan fingerprint density at radius 3 is 2.62 bits per heavy atom. The van der Waals surface area contributed by atoms with Crippen molar-refractivity contribution in [2.75, 3.05) is 45.2 Å². The molecule has 1 aromatic carbocycles. The summed E-state index contributed by atoms with van der Waals surface area (Å²) in [5.74, 6) is 0.781. The molecule has 3 rings (SSSR count). The second-order valence-electron chi connectivity index (χ2n) is 6.30. The van der Waals surface area contributed by atoms with Crippen molar-refractivity contribution >= 4 is 17.5 Å². The van der Waals surface area contributed by atoms with E-state index in [-0.39, 0.29) is 18.4 Å². The number of methoxy groups -OCH3 is 1. The highest BCUT2D eigenvalue weighted by molar-refractivity contribution is 5.94. The second-order valence-corrected chi connectivity index (χ2v) is 6.30. The van der Waals surface area contributed by atoms with Crippen molar-refractivity contribution in [3.63, 3.8) is 0 Å². The first kappa shape index (κ1) is 18.0.